The SMILES string of the molecule is COC(=O)N[C@H](C(=O)N1CCC[C@H]1c1ncc(-c2cccc(-c3ccc(C(=O)Nc4ccc(CN5CCS(=O)(=O)CC5)cc4)cc3)c2)[nH]1)C(C)C. The zero-order valence-electron chi connectivity index (χ0n) is 29.1. The van der Waals surface area contributed by atoms with Gasteiger partial charge in [-0.15, -0.1) is 0 Å². The number of H-pyrrole nitrogens is 1. The number of methoxy groups -OCH3 is 1. The van der Waals surface area contributed by atoms with Gasteiger partial charge in [-0.25, -0.2) is 18.2 Å². The van der Waals surface area contributed by atoms with Gasteiger partial charge in [0.25, 0.3) is 5.91 Å². The lowest BCUT2D eigenvalue weighted by molar-refractivity contribution is -0.135. The molecule has 0 unspecified atom stereocenters. The molecule has 3 heterocycles. The van der Waals surface area contributed by atoms with Crippen LogP contribution in [0.1, 0.15) is 54.5 Å². The molecule has 2 fully saturated rings. The smallest absolute Gasteiger partial charge is 0.407 e. The van der Waals surface area contributed by atoms with Gasteiger partial charge in [-0.2, -0.15) is 0 Å². The van der Waals surface area contributed by atoms with Gasteiger partial charge in [0.15, 0.2) is 9.84 Å². The van der Waals surface area contributed by atoms with Gasteiger partial charge >= 0.3 is 6.09 Å². The van der Waals surface area contributed by atoms with Crippen molar-refractivity contribution in [1.29, 1.82) is 0 Å². The average molecular weight is 713 g/mol. The number of aromatic amines is 1. The molecule has 12 nitrogen and oxygen atoms in total. The number of rotatable bonds is 10. The number of carbonyl (C=O) groups is 3. The molecule has 3 N–H and O–H groups in total. The van der Waals surface area contributed by atoms with Gasteiger partial charge in [0, 0.05) is 43.0 Å². The summed E-state index contributed by atoms with van der Waals surface area (Å²) in [6.07, 6.45) is 2.75. The zero-order valence-corrected chi connectivity index (χ0v) is 29.9. The number of nitrogens with one attached hydrogen (secondary N) is 3. The van der Waals surface area contributed by atoms with Crippen LogP contribution < -0.4 is 10.6 Å². The molecule has 0 bridgehead atoms. The van der Waals surface area contributed by atoms with Gasteiger partial charge in [-0.1, -0.05) is 56.3 Å². The minimum absolute atomic E-state index is 0.114. The van der Waals surface area contributed by atoms with Gasteiger partial charge in [-0.3, -0.25) is 14.5 Å². The molecule has 2 aliphatic heterocycles. The average Bonchev–Trinajstić information content (AvgIpc) is 3.83. The molecular weight excluding hydrogens is 669 g/mol. The van der Waals surface area contributed by atoms with E-state index in [4.69, 9.17) is 4.74 Å². The quantitative estimate of drug-likeness (QED) is 0.201. The van der Waals surface area contributed by atoms with Gasteiger partial charge in [0.1, 0.15) is 11.9 Å². The molecule has 3 aromatic carbocycles. The van der Waals surface area contributed by atoms with E-state index in [2.05, 4.69) is 31.6 Å². The summed E-state index contributed by atoms with van der Waals surface area (Å²) in [7, 11) is -1.63. The fourth-order valence-corrected chi connectivity index (χ4v) is 7.87. The van der Waals surface area contributed by atoms with Crippen LogP contribution in [0, 0.1) is 5.92 Å². The van der Waals surface area contributed by atoms with Gasteiger partial charge in [-0.05, 0) is 65.8 Å². The predicted molar refractivity (Wildman–Crippen MR) is 196 cm³/mol. The van der Waals surface area contributed by atoms with E-state index in [1.807, 2.05) is 68.4 Å². The Morgan fingerprint density at radius 1 is 0.941 bits per heavy atom. The van der Waals surface area contributed by atoms with Crippen LogP contribution in [0.25, 0.3) is 22.4 Å². The van der Waals surface area contributed by atoms with Crippen LogP contribution in [0.4, 0.5) is 10.5 Å². The minimum Gasteiger partial charge on any atom is -0.453 e. The molecule has 0 radical (unpaired) electrons. The van der Waals surface area contributed by atoms with E-state index in [1.54, 1.807) is 23.2 Å². The summed E-state index contributed by atoms with van der Waals surface area (Å²) < 4.78 is 28.1. The minimum atomic E-state index is -2.91. The number of nitrogens with zero attached hydrogens (tertiary/aromatic N) is 3. The molecule has 6 rings (SSSR count). The second-order valence-electron chi connectivity index (χ2n) is 13.5. The lowest BCUT2D eigenvalue weighted by Crippen LogP contribution is -2.51. The highest BCUT2D eigenvalue weighted by atomic mass is 32.2. The van der Waals surface area contributed by atoms with Gasteiger partial charge in [0.05, 0.1) is 36.5 Å². The van der Waals surface area contributed by atoms with Crippen molar-refractivity contribution in [2.45, 2.75) is 45.3 Å². The molecular formula is C38H44N6O6S. The van der Waals surface area contributed by atoms with Crippen molar-refractivity contribution in [2.24, 2.45) is 5.92 Å². The van der Waals surface area contributed by atoms with Crippen LogP contribution in [0.5, 0.6) is 0 Å². The number of ether oxygens (including phenoxy) is 1. The number of sulfone groups is 1. The third kappa shape index (κ3) is 8.66. The summed E-state index contributed by atoms with van der Waals surface area (Å²) in [5.74, 6) is 0.608. The molecule has 2 atom stereocenters. The van der Waals surface area contributed by atoms with E-state index in [0.29, 0.717) is 43.3 Å². The molecule has 268 valence electrons. The molecule has 2 aliphatic rings. The van der Waals surface area contributed by atoms with E-state index in [-0.39, 0.29) is 35.3 Å². The summed E-state index contributed by atoms with van der Waals surface area (Å²) in [5.41, 5.74) is 5.96. The lowest BCUT2D eigenvalue weighted by Gasteiger charge is -2.30. The molecule has 13 heteroatoms. The third-order valence-electron chi connectivity index (χ3n) is 9.55. The molecule has 0 saturated carbocycles. The maximum absolute atomic E-state index is 13.5. The Kier molecular flexibility index (Phi) is 10.9. The van der Waals surface area contributed by atoms with Crippen molar-refractivity contribution >= 4 is 33.4 Å². The number of amides is 3. The van der Waals surface area contributed by atoms with E-state index in [0.717, 1.165) is 40.8 Å². The van der Waals surface area contributed by atoms with Gasteiger partial charge < -0.3 is 25.3 Å². The van der Waals surface area contributed by atoms with Crippen LogP contribution in [0.3, 0.4) is 0 Å². The fourth-order valence-electron chi connectivity index (χ4n) is 6.59. The number of hydrogen-bond acceptors (Lipinski definition) is 8. The van der Waals surface area contributed by atoms with Crippen LogP contribution >= 0.6 is 0 Å². The number of likely N-dealkylation sites (tertiary alicyclic amines) is 1. The Morgan fingerprint density at radius 3 is 2.33 bits per heavy atom. The standard InChI is InChI=1S/C38H44N6O6S/c1-25(2)34(42-38(47)50-3)37(46)44-17-5-8-33(44)35-39-23-32(41-35)30-7-4-6-29(22-30)27-11-13-28(14-12-27)36(45)40-31-15-9-26(10-16-31)24-43-18-20-51(48,49)21-19-43/h4,6-7,9-16,22-23,25,33-34H,5,8,17-21,24H2,1-3H3,(H,39,41)(H,40,45)(H,42,47)/t33-,34-/m0/s1. The normalized spacial score (nSPS) is 18.0. The zero-order chi connectivity index (χ0) is 36.1. The maximum atomic E-state index is 13.5. The topological polar surface area (TPSA) is 154 Å². The Labute approximate surface area is 298 Å². The van der Waals surface area contributed by atoms with Crippen LogP contribution in [0.2, 0.25) is 0 Å². The second-order valence-corrected chi connectivity index (χ2v) is 15.8. The van der Waals surface area contributed by atoms with Crippen LogP contribution in [-0.4, -0.2) is 90.4 Å². The van der Waals surface area contributed by atoms with Crippen LogP contribution in [-0.2, 0) is 25.9 Å². The molecule has 51 heavy (non-hydrogen) atoms. The van der Waals surface area contributed by atoms with Crippen molar-refractivity contribution in [2.75, 3.05) is 43.6 Å². The Morgan fingerprint density at radius 2 is 1.65 bits per heavy atom. The Hall–Kier alpha value is -5.01. The number of anilines is 1. The molecule has 0 aliphatic carbocycles. The first-order valence-corrected chi connectivity index (χ1v) is 19.1. The Balaban J connectivity index is 1.08. The molecule has 0 spiro atoms. The van der Waals surface area contributed by atoms with Crippen molar-refractivity contribution in [1.82, 2.24) is 25.1 Å². The summed E-state index contributed by atoms with van der Waals surface area (Å²) >= 11 is 0. The molecule has 2 saturated heterocycles. The van der Waals surface area contributed by atoms with Crippen LogP contribution in [0.15, 0.2) is 79.0 Å². The number of hydrogen-bond donors (Lipinski definition) is 3. The van der Waals surface area contributed by atoms with E-state index >= 15 is 0 Å². The van der Waals surface area contributed by atoms with E-state index in [1.165, 1.54) is 7.11 Å². The highest BCUT2D eigenvalue weighted by Gasteiger charge is 2.37. The van der Waals surface area contributed by atoms with Crippen molar-refractivity contribution in [3.8, 4) is 22.4 Å². The fraction of sp³-hybridized carbons (Fsp3) is 0.368. The first kappa shape index (κ1) is 35.8. The molecule has 3 amide bonds. The van der Waals surface area contributed by atoms with Crippen molar-refractivity contribution < 1.29 is 27.5 Å². The third-order valence-corrected chi connectivity index (χ3v) is 11.2. The second kappa shape index (κ2) is 15.5. The van der Waals surface area contributed by atoms with E-state index < -0.39 is 22.0 Å². The largest absolute Gasteiger partial charge is 0.453 e. The monoisotopic (exact) mass is 712 g/mol. The van der Waals surface area contributed by atoms with Gasteiger partial charge in [0.2, 0.25) is 5.91 Å². The highest BCUT2D eigenvalue weighted by Crippen LogP contribution is 2.33. The lowest BCUT2D eigenvalue weighted by atomic mass is 10.0. The van der Waals surface area contributed by atoms with Crippen molar-refractivity contribution in [3.63, 3.8) is 0 Å². The van der Waals surface area contributed by atoms with E-state index in [9.17, 15) is 22.8 Å². The summed E-state index contributed by atoms with van der Waals surface area (Å²) in [6, 6.07) is 22.2. The van der Waals surface area contributed by atoms with Crippen molar-refractivity contribution in [3.05, 3.63) is 95.9 Å². The number of alkyl carbamates (subject to hydrolysis) is 1. The first-order valence-electron chi connectivity index (χ1n) is 17.2. The number of benzene rings is 3. The number of carbonyl (C=O) groups excluding carboxylic acids is 3. The summed E-state index contributed by atoms with van der Waals surface area (Å²) in [4.78, 5) is 50.5. The predicted octanol–water partition coefficient (Wildman–Crippen LogP) is 5.27. The summed E-state index contributed by atoms with van der Waals surface area (Å²) in [6.45, 7) is 6.10. The molecule has 4 aromatic rings. The summed E-state index contributed by atoms with van der Waals surface area (Å²) in [5, 5.41) is 5.64. The number of aromatic nitrogens is 2. The highest BCUT2D eigenvalue weighted by molar-refractivity contribution is 7.91. The molecule has 1 aromatic heterocycles. The first-order chi connectivity index (χ1) is 24.5. The Bertz CT molecular complexity index is 1960. The number of imidazole rings is 1. The maximum Gasteiger partial charge on any atom is 0.407 e.